The standard InChI is InChI=1S/C21H19ClN4O4.CH4O3S/c1-29-19-10-17-13(9-14(19)20(23)27)18(6-7-24-17)30-12-4-5-16(15(22)8-12)26-21(28)25-11-2-3-11;1-5(2,3)4/h4-11H,2-3H2,1H3,(H2,23,27)(H2,25,26,28);1H3,(H,2,3,4)/i7+2;. The third kappa shape index (κ3) is 7.70. The number of fused-ring (bicyclic) bond motifs is 1. The average Bonchev–Trinajstić information content (AvgIpc) is 3.57. The minimum atomic E-state index is -3.67. The molecular weight excluding hydrogens is 502 g/mol. The summed E-state index contributed by atoms with van der Waals surface area (Å²) in [6.45, 7) is 0. The van der Waals surface area contributed by atoms with Gasteiger partial charge in [-0.05, 0) is 37.1 Å². The molecule has 1 aromatic heterocycles. The Hall–Kier alpha value is -3.61. The summed E-state index contributed by atoms with van der Waals surface area (Å²) in [4.78, 5) is 28.0. The Morgan fingerprint density at radius 1 is 1.23 bits per heavy atom. The summed E-state index contributed by atoms with van der Waals surface area (Å²) in [5, 5.41) is 6.48. The van der Waals surface area contributed by atoms with Crippen LogP contribution in [0.1, 0.15) is 23.2 Å². The first-order valence-corrected chi connectivity index (χ1v) is 12.4. The van der Waals surface area contributed by atoms with Gasteiger partial charge < -0.3 is 25.8 Å². The van der Waals surface area contributed by atoms with Crippen molar-refractivity contribution in [2.75, 3.05) is 18.7 Å². The molecule has 1 heterocycles. The second kappa shape index (κ2) is 10.8. The van der Waals surface area contributed by atoms with E-state index < -0.39 is 16.0 Å². The van der Waals surface area contributed by atoms with Crippen LogP contribution in [-0.2, 0) is 10.1 Å². The lowest BCUT2D eigenvalue weighted by Crippen LogP contribution is -2.30. The number of nitrogens with zero attached hydrogens (tertiary/aromatic N) is 1. The monoisotopic (exact) mass is 524 g/mol. The Morgan fingerprint density at radius 3 is 2.49 bits per heavy atom. The van der Waals surface area contributed by atoms with Crippen LogP contribution in [0.5, 0.6) is 17.2 Å². The molecule has 5 N–H and O–H groups in total. The normalized spacial score (nSPS) is 12.8. The van der Waals surface area contributed by atoms with E-state index >= 15 is 0 Å². The number of rotatable bonds is 6. The molecule has 0 atom stereocenters. The maximum absolute atomic E-state index is 11.9. The smallest absolute Gasteiger partial charge is 0.319 e. The molecule has 2 aromatic carbocycles. The highest BCUT2D eigenvalue weighted by atomic mass is 35.5. The van der Waals surface area contributed by atoms with Crippen LogP contribution in [0.15, 0.2) is 42.6 Å². The number of nitrogens with one attached hydrogen (secondary N) is 2. The fraction of sp³-hybridized carbons (Fsp3) is 0.227. The molecule has 0 radical (unpaired) electrons. The summed E-state index contributed by atoms with van der Waals surface area (Å²) >= 11 is 6.30. The first-order valence-electron chi connectivity index (χ1n) is 10.2. The van der Waals surface area contributed by atoms with E-state index in [-0.39, 0.29) is 17.6 Å². The van der Waals surface area contributed by atoms with Crippen molar-refractivity contribution in [3.05, 3.63) is 53.2 Å². The second-order valence-corrected chi connectivity index (χ2v) is 9.47. The molecule has 35 heavy (non-hydrogen) atoms. The number of anilines is 1. The quantitative estimate of drug-likeness (QED) is 0.354. The lowest BCUT2D eigenvalue weighted by Gasteiger charge is -2.13. The lowest BCUT2D eigenvalue weighted by atomic mass is 10.1. The van der Waals surface area contributed by atoms with Crippen LogP contribution in [0.3, 0.4) is 0 Å². The number of urea groups is 1. The molecule has 0 aliphatic heterocycles. The van der Waals surface area contributed by atoms with Crippen molar-refractivity contribution in [2.45, 2.75) is 18.9 Å². The van der Waals surface area contributed by atoms with Gasteiger partial charge in [-0.25, -0.2) is 4.79 Å². The molecular formula is C22H23ClN4O7S. The number of amides is 3. The minimum Gasteiger partial charge on any atom is -0.496 e. The van der Waals surface area contributed by atoms with E-state index in [2.05, 4.69) is 15.6 Å². The Labute approximate surface area is 206 Å². The molecule has 186 valence electrons. The van der Waals surface area contributed by atoms with Gasteiger partial charge in [-0.15, -0.1) is 0 Å². The molecule has 3 aromatic rings. The van der Waals surface area contributed by atoms with Crippen LogP contribution in [0.4, 0.5) is 10.5 Å². The van der Waals surface area contributed by atoms with Gasteiger partial charge >= 0.3 is 6.03 Å². The molecule has 1 fully saturated rings. The predicted octanol–water partition coefficient (Wildman–Crippen LogP) is 3.58. The zero-order valence-corrected chi connectivity index (χ0v) is 20.3. The van der Waals surface area contributed by atoms with Crippen molar-refractivity contribution in [1.29, 1.82) is 0 Å². The van der Waals surface area contributed by atoms with Gasteiger partial charge in [0.15, 0.2) is 0 Å². The molecule has 11 nitrogen and oxygen atoms in total. The highest BCUT2D eigenvalue weighted by Crippen LogP contribution is 2.35. The van der Waals surface area contributed by atoms with Crippen LogP contribution in [0.2, 0.25) is 5.02 Å². The predicted molar refractivity (Wildman–Crippen MR) is 131 cm³/mol. The van der Waals surface area contributed by atoms with E-state index in [1.807, 2.05) is 0 Å². The van der Waals surface area contributed by atoms with Gasteiger partial charge in [0.2, 0.25) is 0 Å². The van der Waals surface area contributed by atoms with E-state index in [1.165, 1.54) is 7.11 Å². The Morgan fingerprint density at radius 2 is 1.91 bits per heavy atom. The van der Waals surface area contributed by atoms with E-state index in [1.54, 1.807) is 42.6 Å². The molecule has 13 heteroatoms. The summed E-state index contributed by atoms with van der Waals surface area (Å²) in [7, 11) is -2.21. The molecule has 0 bridgehead atoms. The molecule has 0 unspecified atom stereocenters. The lowest BCUT2D eigenvalue weighted by molar-refractivity contribution is 0.0997. The zero-order valence-electron chi connectivity index (χ0n) is 18.7. The Balaban J connectivity index is 0.000000623. The number of nitrogens with two attached hydrogens (primary N) is 1. The number of halogens is 1. The molecule has 0 spiro atoms. The van der Waals surface area contributed by atoms with E-state index in [0.29, 0.717) is 45.1 Å². The second-order valence-electron chi connectivity index (χ2n) is 7.59. The highest BCUT2D eigenvalue weighted by Gasteiger charge is 2.23. The number of benzene rings is 2. The summed E-state index contributed by atoms with van der Waals surface area (Å²) in [6, 6.07) is 9.77. The third-order valence-corrected chi connectivity index (χ3v) is 4.93. The number of carbonyl (C=O) groups excluding carboxylic acids is 2. The van der Waals surface area contributed by atoms with Crippen LogP contribution in [-0.4, -0.2) is 49.3 Å². The number of pyridine rings is 1. The number of hydrogen-bond donors (Lipinski definition) is 4. The van der Waals surface area contributed by atoms with Crippen LogP contribution in [0.25, 0.3) is 10.9 Å². The summed E-state index contributed by atoms with van der Waals surface area (Å²) in [5.74, 6) is 0.639. The van der Waals surface area contributed by atoms with Crippen LogP contribution < -0.4 is 25.8 Å². The fourth-order valence-corrected chi connectivity index (χ4v) is 3.18. The molecule has 1 saturated carbocycles. The zero-order chi connectivity index (χ0) is 25.8. The average molecular weight is 525 g/mol. The van der Waals surface area contributed by atoms with Gasteiger partial charge in [0.25, 0.3) is 16.0 Å². The molecule has 1 aliphatic rings. The van der Waals surface area contributed by atoms with Gasteiger partial charge in [0, 0.05) is 29.8 Å². The van der Waals surface area contributed by atoms with Crippen molar-refractivity contribution in [3.8, 4) is 17.2 Å². The molecule has 3 amide bonds. The minimum absolute atomic E-state index is 0.224. The molecule has 4 rings (SSSR count). The molecule has 0 saturated heterocycles. The number of aromatic nitrogens is 1. The van der Waals surface area contributed by atoms with Crippen molar-refractivity contribution in [1.82, 2.24) is 10.3 Å². The molecule has 1 aliphatic carbocycles. The third-order valence-electron chi connectivity index (χ3n) is 4.62. The van der Waals surface area contributed by atoms with E-state index in [9.17, 15) is 18.0 Å². The van der Waals surface area contributed by atoms with Crippen molar-refractivity contribution in [3.63, 3.8) is 0 Å². The van der Waals surface area contributed by atoms with E-state index in [0.717, 1.165) is 12.8 Å². The van der Waals surface area contributed by atoms with Crippen molar-refractivity contribution in [2.24, 2.45) is 5.73 Å². The first kappa shape index (κ1) is 26.0. The van der Waals surface area contributed by atoms with Crippen molar-refractivity contribution >= 4 is 50.2 Å². The van der Waals surface area contributed by atoms with Crippen LogP contribution in [0, 0.1) is 0 Å². The summed E-state index contributed by atoms with van der Waals surface area (Å²) in [6.07, 6.45) is 4.29. The number of hydrogen-bond acceptors (Lipinski definition) is 7. The SMILES string of the molecule is COc1cc2n[14cH]cc(Oc3ccc(NC(=O)NC4CC4)c(Cl)c3)c2cc1C(N)=O.CS(=O)(=O)O. The summed E-state index contributed by atoms with van der Waals surface area (Å²) in [5.41, 5.74) is 6.73. The number of carbonyl (C=O) groups is 2. The first-order chi connectivity index (χ1) is 16.4. The highest BCUT2D eigenvalue weighted by molar-refractivity contribution is 7.85. The fourth-order valence-electron chi connectivity index (χ4n) is 2.96. The maximum Gasteiger partial charge on any atom is 0.319 e. The van der Waals surface area contributed by atoms with Crippen molar-refractivity contribution < 1.29 is 32.0 Å². The number of ether oxygens (including phenoxy) is 2. The van der Waals surface area contributed by atoms with Gasteiger partial charge in [-0.2, -0.15) is 8.42 Å². The van der Waals surface area contributed by atoms with Crippen LogP contribution >= 0.6 is 11.6 Å². The van der Waals surface area contributed by atoms with Gasteiger partial charge in [0.1, 0.15) is 17.2 Å². The van der Waals surface area contributed by atoms with Gasteiger partial charge in [0.05, 0.1) is 35.2 Å². The number of primary amides is 1. The topological polar surface area (TPSA) is 170 Å². The largest absolute Gasteiger partial charge is 0.496 e. The Kier molecular flexibility index (Phi) is 7.99. The number of methoxy groups -OCH3 is 1. The van der Waals surface area contributed by atoms with Gasteiger partial charge in [-0.3, -0.25) is 14.3 Å². The Bertz CT molecular complexity index is 1370. The van der Waals surface area contributed by atoms with Gasteiger partial charge in [-0.1, -0.05) is 11.6 Å². The maximum atomic E-state index is 11.9. The summed E-state index contributed by atoms with van der Waals surface area (Å²) < 4.78 is 37.1. The van der Waals surface area contributed by atoms with E-state index in [4.69, 9.17) is 31.4 Å².